The van der Waals surface area contributed by atoms with Crippen molar-refractivity contribution >= 4 is 46.7 Å². The molecule has 0 atom stereocenters. The van der Waals surface area contributed by atoms with Gasteiger partial charge in [0.2, 0.25) is 5.91 Å². The van der Waals surface area contributed by atoms with E-state index in [4.69, 9.17) is 33.0 Å². The summed E-state index contributed by atoms with van der Waals surface area (Å²) in [5.41, 5.74) is 0.772. The van der Waals surface area contributed by atoms with Crippen LogP contribution in [0.25, 0.3) is 0 Å². The van der Waals surface area contributed by atoms with Gasteiger partial charge >= 0.3 is 5.97 Å². The summed E-state index contributed by atoms with van der Waals surface area (Å²) in [7, 11) is 0. The number of hydrogen-bond donors (Lipinski definition) is 3. The van der Waals surface area contributed by atoms with Crippen LogP contribution < -0.4 is 15.4 Å². The molecule has 0 aliphatic heterocycles. The molecule has 0 aromatic heterocycles. The van der Waals surface area contributed by atoms with Crippen LogP contribution in [0.15, 0.2) is 30.3 Å². The second kappa shape index (κ2) is 10.1. The molecule has 2 aromatic carbocycles. The number of halogens is 3. The van der Waals surface area contributed by atoms with Gasteiger partial charge in [-0.25, -0.2) is 4.39 Å². The predicted molar refractivity (Wildman–Crippen MR) is 106 cm³/mol. The molecule has 154 valence electrons. The molecule has 2 aromatic rings. The van der Waals surface area contributed by atoms with Gasteiger partial charge in [-0.05, 0) is 35.9 Å². The average Bonchev–Trinajstić information content (AvgIpc) is 2.64. The topological polar surface area (TPSA) is 105 Å². The second-order valence-electron chi connectivity index (χ2n) is 5.88. The summed E-state index contributed by atoms with van der Waals surface area (Å²) in [5, 5.41) is 13.4. The van der Waals surface area contributed by atoms with Crippen LogP contribution in [0.2, 0.25) is 10.0 Å². The number of ether oxygens (including phenoxy) is 1. The fraction of sp³-hybridized carbons (Fsp3) is 0.211. The van der Waals surface area contributed by atoms with Crippen molar-refractivity contribution < 1.29 is 28.6 Å². The molecule has 0 saturated carbocycles. The van der Waals surface area contributed by atoms with Crippen LogP contribution in [0.1, 0.15) is 29.3 Å². The van der Waals surface area contributed by atoms with E-state index in [1.165, 1.54) is 24.3 Å². The van der Waals surface area contributed by atoms with Gasteiger partial charge in [-0.15, -0.1) is 0 Å². The van der Waals surface area contributed by atoms with Gasteiger partial charge < -0.3 is 20.5 Å². The van der Waals surface area contributed by atoms with Crippen molar-refractivity contribution in [1.82, 2.24) is 5.32 Å². The molecule has 10 heteroatoms. The number of aliphatic carboxylic acids is 1. The lowest BCUT2D eigenvalue weighted by molar-refractivity contribution is -0.135. The average molecular weight is 443 g/mol. The van der Waals surface area contributed by atoms with E-state index in [-0.39, 0.29) is 46.0 Å². The third-order valence-electron chi connectivity index (χ3n) is 3.61. The monoisotopic (exact) mass is 442 g/mol. The minimum atomic E-state index is -1.19. The molecule has 0 radical (unpaired) electrons. The van der Waals surface area contributed by atoms with Gasteiger partial charge in [0.15, 0.2) is 5.75 Å². The Morgan fingerprint density at radius 3 is 2.34 bits per heavy atom. The van der Waals surface area contributed by atoms with Crippen molar-refractivity contribution in [1.29, 1.82) is 0 Å². The Kier molecular flexibility index (Phi) is 7.81. The quantitative estimate of drug-likeness (QED) is 0.575. The Morgan fingerprint density at radius 1 is 1.10 bits per heavy atom. The van der Waals surface area contributed by atoms with Crippen molar-refractivity contribution in [3.8, 4) is 5.75 Å². The zero-order chi connectivity index (χ0) is 21.6. The lowest BCUT2D eigenvalue weighted by Crippen LogP contribution is -2.29. The summed E-state index contributed by atoms with van der Waals surface area (Å²) in [6.07, 6.45) is 0.250. The van der Waals surface area contributed by atoms with Crippen LogP contribution in [0.5, 0.6) is 5.75 Å². The Hall–Kier alpha value is -2.84. The molecular formula is C19H17Cl2FN2O5. The lowest BCUT2D eigenvalue weighted by Gasteiger charge is -2.13. The number of hydrogen-bond acceptors (Lipinski definition) is 4. The standard InChI is InChI=1S/C19H17Cl2FN2O5/c1-2-16(25)24-13-4-10(3-12(22)7-13)9-29-18-14(20)5-11(6-15(18)21)19(28)23-8-17(26)27/h3-7H,2,8-9H2,1H3,(H,23,28)(H,24,25)(H,26,27). The highest BCUT2D eigenvalue weighted by Gasteiger charge is 2.15. The maximum Gasteiger partial charge on any atom is 0.322 e. The molecule has 2 rings (SSSR count). The number of carboxylic acids is 1. The van der Waals surface area contributed by atoms with Crippen molar-refractivity contribution in [2.75, 3.05) is 11.9 Å². The molecular weight excluding hydrogens is 426 g/mol. The number of benzene rings is 2. The normalized spacial score (nSPS) is 10.3. The zero-order valence-electron chi connectivity index (χ0n) is 15.2. The van der Waals surface area contributed by atoms with Crippen LogP contribution in [0.4, 0.5) is 10.1 Å². The molecule has 3 N–H and O–H groups in total. The van der Waals surface area contributed by atoms with Gasteiger partial charge in [0.1, 0.15) is 19.0 Å². The second-order valence-corrected chi connectivity index (χ2v) is 6.70. The largest absolute Gasteiger partial charge is 0.486 e. The van der Waals surface area contributed by atoms with E-state index < -0.39 is 24.2 Å². The van der Waals surface area contributed by atoms with Gasteiger partial charge in [0, 0.05) is 17.7 Å². The van der Waals surface area contributed by atoms with Gasteiger partial charge in [0.25, 0.3) is 5.91 Å². The number of nitrogens with one attached hydrogen (secondary N) is 2. The Balaban J connectivity index is 2.14. The fourth-order valence-electron chi connectivity index (χ4n) is 2.30. The fourth-order valence-corrected chi connectivity index (χ4v) is 2.89. The molecule has 0 bridgehead atoms. The molecule has 7 nitrogen and oxygen atoms in total. The first-order chi connectivity index (χ1) is 13.7. The van der Waals surface area contributed by atoms with Crippen LogP contribution in [-0.2, 0) is 16.2 Å². The first-order valence-corrected chi connectivity index (χ1v) is 9.16. The number of amides is 2. The summed E-state index contributed by atoms with van der Waals surface area (Å²) in [5.74, 6) is -2.60. The minimum Gasteiger partial charge on any atom is -0.486 e. The van der Waals surface area contributed by atoms with Crippen molar-refractivity contribution in [2.24, 2.45) is 0 Å². The Labute approximate surface area is 175 Å². The first kappa shape index (κ1) is 22.4. The smallest absolute Gasteiger partial charge is 0.322 e. The molecule has 0 spiro atoms. The summed E-state index contributed by atoms with van der Waals surface area (Å²) in [4.78, 5) is 33.9. The van der Waals surface area contributed by atoms with E-state index in [0.29, 0.717) is 5.56 Å². The molecule has 0 unspecified atom stereocenters. The van der Waals surface area contributed by atoms with Gasteiger partial charge in [0.05, 0.1) is 10.0 Å². The maximum atomic E-state index is 13.8. The molecule has 0 aliphatic rings. The van der Waals surface area contributed by atoms with Crippen molar-refractivity contribution in [3.63, 3.8) is 0 Å². The molecule has 0 saturated heterocycles. The van der Waals surface area contributed by atoms with Crippen LogP contribution in [0.3, 0.4) is 0 Å². The van der Waals surface area contributed by atoms with Gasteiger partial charge in [-0.2, -0.15) is 0 Å². The van der Waals surface area contributed by atoms with E-state index in [1.807, 2.05) is 0 Å². The third kappa shape index (κ3) is 6.62. The zero-order valence-corrected chi connectivity index (χ0v) is 16.7. The summed E-state index contributed by atoms with van der Waals surface area (Å²) < 4.78 is 19.4. The van der Waals surface area contributed by atoms with Crippen LogP contribution >= 0.6 is 23.2 Å². The predicted octanol–water partition coefficient (Wildman–Crippen LogP) is 3.87. The molecule has 0 fully saturated rings. The van der Waals surface area contributed by atoms with Crippen molar-refractivity contribution in [2.45, 2.75) is 20.0 Å². The van der Waals surface area contributed by atoms with E-state index in [9.17, 15) is 18.8 Å². The third-order valence-corrected chi connectivity index (χ3v) is 4.17. The number of carbonyl (C=O) groups excluding carboxylic acids is 2. The van der Waals surface area contributed by atoms with E-state index in [2.05, 4.69) is 10.6 Å². The SMILES string of the molecule is CCC(=O)Nc1cc(F)cc(COc2c(Cl)cc(C(=O)NCC(=O)O)cc2Cl)c1. The molecule has 0 heterocycles. The minimum absolute atomic E-state index is 0.0221. The molecule has 2 amide bonds. The van der Waals surface area contributed by atoms with Gasteiger partial charge in [-0.3, -0.25) is 14.4 Å². The number of anilines is 1. The van der Waals surface area contributed by atoms with Crippen molar-refractivity contribution in [3.05, 3.63) is 57.3 Å². The summed E-state index contributed by atoms with van der Waals surface area (Å²) >= 11 is 12.2. The Morgan fingerprint density at radius 2 is 1.76 bits per heavy atom. The van der Waals surface area contributed by atoms with Crippen LogP contribution in [0, 0.1) is 5.82 Å². The number of carbonyl (C=O) groups is 3. The van der Waals surface area contributed by atoms with E-state index in [1.54, 1.807) is 13.0 Å². The van der Waals surface area contributed by atoms with E-state index >= 15 is 0 Å². The summed E-state index contributed by atoms with van der Waals surface area (Å²) in [6, 6.07) is 6.52. The summed E-state index contributed by atoms with van der Waals surface area (Å²) in [6.45, 7) is 1.02. The lowest BCUT2D eigenvalue weighted by atomic mass is 10.2. The highest BCUT2D eigenvalue weighted by atomic mass is 35.5. The Bertz CT molecular complexity index is 929. The number of rotatable bonds is 8. The van der Waals surface area contributed by atoms with Gasteiger partial charge in [-0.1, -0.05) is 30.1 Å². The molecule has 0 aliphatic carbocycles. The highest BCUT2D eigenvalue weighted by molar-refractivity contribution is 6.37. The van der Waals surface area contributed by atoms with E-state index in [0.717, 1.165) is 0 Å². The first-order valence-electron chi connectivity index (χ1n) is 8.40. The van der Waals surface area contributed by atoms with Crippen LogP contribution in [-0.4, -0.2) is 29.4 Å². The number of carboxylic acid groups (broad SMARTS) is 1. The molecule has 29 heavy (non-hydrogen) atoms. The highest BCUT2D eigenvalue weighted by Crippen LogP contribution is 2.35. The maximum absolute atomic E-state index is 13.8.